The first kappa shape index (κ1) is 22.5. The maximum Gasteiger partial charge on any atom is 0.278 e. The Hall–Kier alpha value is -2.68. The maximum atomic E-state index is 13.7. The molecule has 32 heavy (non-hydrogen) atoms. The van der Waals surface area contributed by atoms with E-state index in [-0.39, 0.29) is 5.56 Å². The highest BCUT2D eigenvalue weighted by molar-refractivity contribution is 7.99. The van der Waals surface area contributed by atoms with Crippen LogP contribution in [0.4, 0.5) is 0 Å². The highest BCUT2D eigenvalue weighted by Crippen LogP contribution is 2.29. The molecule has 0 atom stereocenters. The smallest absolute Gasteiger partial charge is 0.278 e. The van der Waals surface area contributed by atoms with Crippen LogP contribution in [0.5, 0.6) is 5.75 Å². The van der Waals surface area contributed by atoms with E-state index in [1.54, 1.807) is 11.7 Å². The Morgan fingerprint density at radius 3 is 2.69 bits per heavy atom. The van der Waals surface area contributed by atoms with Crippen molar-refractivity contribution >= 4 is 45.7 Å². The maximum absolute atomic E-state index is 13.7. The van der Waals surface area contributed by atoms with Crippen molar-refractivity contribution in [3.63, 3.8) is 0 Å². The van der Waals surface area contributed by atoms with Gasteiger partial charge in [-0.1, -0.05) is 71.6 Å². The minimum Gasteiger partial charge on any atom is -0.495 e. The number of aromatic nitrogens is 3. The lowest BCUT2D eigenvalue weighted by Crippen LogP contribution is -2.22. The van der Waals surface area contributed by atoms with Crippen molar-refractivity contribution in [2.24, 2.45) is 0 Å². The van der Waals surface area contributed by atoms with E-state index < -0.39 is 0 Å². The lowest BCUT2D eigenvalue weighted by atomic mass is 10.1. The fourth-order valence-corrected chi connectivity index (χ4v) is 5.66. The van der Waals surface area contributed by atoms with Gasteiger partial charge in [-0.05, 0) is 42.8 Å². The number of nitrogens with zero attached hydrogens (tertiary/aromatic N) is 3. The number of hydrogen-bond acceptors (Lipinski definition) is 6. The molecule has 0 saturated heterocycles. The third kappa shape index (κ3) is 4.57. The topological polar surface area (TPSA) is 49.0 Å². The monoisotopic (exact) mass is 481 g/mol. The molecule has 0 fully saturated rings. The molecule has 0 aliphatic heterocycles. The van der Waals surface area contributed by atoms with E-state index >= 15 is 0 Å². The van der Waals surface area contributed by atoms with Crippen molar-refractivity contribution in [2.75, 3.05) is 12.9 Å². The lowest BCUT2D eigenvalue weighted by molar-refractivity contribution is 0.411. The molecule has 0 unspecified atom stereocenters. The molecule has 2 heterocycles. The van der Waals surface area contributed by atoms with Crippen molar-refractivity contribution in [1.82, 2.24) is 14.1 Å². The van der Waals surface area contributed by atoms with E-state index in [2.05, 4.69) is 18.7 Å². The highest BCUT2D eigenvalue weighted by Gasteiger charge is 2.20. The zero-order valence-corrected chi connectivity index (χ0v) is 20.1. The molecule has 0 saturated carbocycles. The Morgan fingerprint density at radius 2 is 1.94 bits per heavy atom. The third-order valence-corrected chi connectivity index (χ3v) is 7.40. The zero-order valence-electron chi connectivity index (χ0n) is 17.7. The van der Waals surface area contributed by atoms with Gasteiger partial charge in [0.15, 0.2) is 14.8 Å². The number of ether oxygens (including phenoxy) is 1. The van der Waals surface area contributed by atoms with Crippen LogP contribution in [0.2, 0.25) is 0 Å². The Morgan fingerprint density at radius 1 is 1.19 bits per heavy atom. The first-order chi connectivity index (χ1) is 15.6. The number of benzene rings is 2. The molecule has 5 nitrogen and oxygen atoms in total. The van der Waals surface area contributed by atoms with Gasteiger partial charge in [0, 0.05) is 12.3 Å². The summed E-state index contributed by atoms with van der Waals surface area (Å²) >= 11 is 8.48. The summed E-state index contributed by atoms with van der Waals surface area (Å²) in [6, 6.07) is 17.7. The van der Waals surface area contributed by atoms with Crippen LogP contribution >= 0.6 is 35.3 Å². The summed E-state index contributed by atoms with van der Waals surface area (Å²) < 4.78 is 10.4. The zero-order chi connectivity index (χ0) is 22.5. The Bertz CT molecular complexity index is 1360. The first-order valence-electron chi connectivity index (χ1n) is 10.2. The van der Waals surface area contributed by atoms with E-state index in [0.717, 1.165) is 18.6 Å². The van der Waals surface area contributed by atoms with Crippen molar-refractivity contribution in [2.45, 2.75) is 24.5 Å². The summed E-state index contributed by atoms with van der Waals surface area (Å²) in [6.45, 7) is 4.47. The summed E-state index contributed by atoms with van der Waals surface area (Å²) in [5.74, 6) is 1.39. The predicted octanol–water partition coefficient (Wildman–Crippen LogP) is 5.90. The average molecular weight is 482 g/mol. The Labute approximate surface area is 200 Å². The van der Waals surface area contributed by atoms with Crippen LogP contribution in [-0.2, 0) is 13.0 Å². The molecule has 4 aromatic rings. The van der Waals surface area contributed by atoms with Crippen LogP contribution in [-0.4, -0.2) is 27.0 Å². The molecular formula is C24H23N3O2S3. The predicted molar refractivity (Wildman–Crippen MR) is 136 cm³/mol. The van der Waals surface area contributed by atoms with Crippen LogP contribution in [0.25, 0.3) is 16.0 Å². The number of methoxy groups -OCH3 is 1. The van der Waals surface area contributed by atoms with E-state index in [1.165, 1.54) is 28.7 Å². The van der Waals surface area contributed by atoms with Gasteiger partial charge in [0.05, 0.1) is 12.8 Å². The largest absolute Gasteiger partial charge is 0.495 e. The molecule has 8 heteroatoms. The molecule has 0 radical (unpaired) electrons. The minimum absolute atomic E-state index is 0.129. The number of rotatable bonds is 9. The van der Waals surface area contributed by atoms with E-state index in [4.69, 9.17) is 21.9 Å². The average Bonchev–Trinajstić information content (AvgIpc) is 3.14. The summed E-state index contributed by atoms with van der Waals surface area (Å²) in [6.07, 6.45) is 3.49. The molecule has 0 amide bonds. The summed E-state index contributed by atoms with van der Waals surface area (Å²) in [5.41, 5.74) is 2.41. The van der Waals surface area contributed by atoms with Crippen molar-refractivity contribution in [1.29, 1.82) is 0 Å². The highest BCUT2D eigenvalue weighted by atomic mass is 32.2. The number of hydrogen-bond donors (Lipinski definition) is 0. The van der Waals surface area contributed by atoms with Gasteiger partial charge in [-0.15, -0.1) is 6.58 Å². The molecule has 0 aliphatic rings. The second kappa shape index (κ2) is 10.3. The third-order valence-electron chi connectivity index (χ3n) is 5.00. The number of thiazole rings is 1. The van der Waals surface area contributed by atoms with Gasteiger partial charge in [-0.3, -0.25) is 9.36 Å². The van der Waals surface area contributed by atoms with Crippen molar-refractivity contribution in [3.8, 4) is 11.4 Å². The van der Waals surface area contributed by atoms with Gasteiger partial charge >= 0.3 is 0 Å². The molecule has 2 aromatic heterocycles. The fourth-order valence-electron chi connectivity index (χ4n) is 3.42. The van der Waals surface area contributed by atoms with E-state index in [9.17, 15) is 4.79 Å². The van der Waals surface area contributed by atoms with Crippen LogP contribution in [0.3, 0.4) is 0 Å². The minimum atomic E-state index is -0.129. The van der Waals surface area contributed by atoms with Gasteiger partial charge in [0.1, 0.15) is 10.4 Å². The van der Waals surface area contributed by atoms with E-state index in [0.29, 0.717) is 37.4 Å². The van der Waals surface area contributed by atoms with Crippen LogP contribution in [0.15, 0.2) is 77.2 Å². The van der Waals surface area contributed by atoms with Crippen molar-refractivity contribution in [3.05, 3.63) is 87.1 Å². The molecule has 2 aromatic carbocycles. The summed E-state index contributed by atoms with van der Waals surface area (Å²) in [4.78, 5) is 18.6. The Kier molecular flexibility index (Phi) is 7.24. The van der Waals surface area contributed by atoms with E-state index in [1.807, 2.05) is 53.1 Å². The standard InChI is InChI=1S/C24H23N3O2S3/c1-3-4-16-31-23-25-21-20(22(28)27(23)18-12-8-9-13-19(18)29-2)32-24(30)26(21)15-14-17-10-6-5-7-11-17/h3,5-13H,1,4,14-16H2,2H3. The summed E-state index contributed by atoms with van der Waals surface area (Å²) in [7, 11) is 1.60. The second-order valence-electron chi connectivity index (χ2n) is 7.04. The van der Waals surface area contributed by atoms with Crippen molar-refractivity contribution < 1.29 is 4.74 Å². The Balaban J connectivity index is 1.86. The van der Waals surface area contributed by atoms with Gasteiger partial charge in [0.25, 0.3) is 5.56 Å². The molecule has 0 spiro atoms. The molecular weight excluding hydrogens is 458 g/mol. The fraction of sp³-hybridized carbons (Fsp3) is 0.208. The second-order valence-corrected chi connectivity index (χ2v) is 9.75. The van der Waals surface area contributed by atoms with Gasteiger partial charge < -0.3 is 9.30 Å². The number of para-hydroxylation sites is 2. The number of allylic oxidation sites excluding steroid dienone is 1. The summed E-state index contributed by atoms with van der Waals surface area (Å²) in [5, 5.41) is 0.620. The first-order valence-corrected chi connectivity index (χ1v) is 12.4. The SMILES string of the molecule is C=CCCSc1nc2c(sc(=S)n2CCc2ccccc2)c(=O)n1-c1ccccc1OC. The van der Waals surface area contributed by atoms with Crippen LogP contribution < -0.4 is 10.3 Å². The van der Waals surface area contributed by atoms with Crippen LogP contribution in [0, 0.1) is 3.95 Å². The number of thioether (sulfide) groups is 1. The van der Waals surface area contributed by atoms with Crippen LogP contribution in [0.1, 0.15) is 12.0 Å². The lowest BCUT2D eigenvalue weighted by Gasteiger charge is -2.15. The normalized spacial score (nSPS) is 11.0. The van der Waals surface area contributed by atoms with Gasteiger partial charge in [-0.2, -0.15) is 0 Å². The molecule has 4 rings (SSSR count). The molecule has 164 valence electrons. The van der Waals surface area contributed by atoms with Gasteiger partial charge in [-0.25, -0.2) is 4.98 Å². The number of fused-ring (bicyclic) bond motifs is 1. The molecule has 0 aliphatic carbocycles. The quantitative estimate of drug-likeness (QED) is 0.0980. The molecule has 0 bridgehead atoms. The number of aryl methyl sites for hydroxylation is 2. The van der Waals surface area contributed by atoms with Gasteiger partial charge in [0.2, 0.25) is 0 Å². The molecule has 0 N–H and O–H groups in total.